The van der Waals surface area contributed by atoms with Crippen LogP contribution in [0.4, 0.5) is 0 Å². The number of nitrogens with zero attached hydrogens (tertiary/aromatic N) is 1. The molecule has 2 aliphatic rings. The molecule has 1 amide bonds. The molecule has 2 fully saturated rings. The third-order valence-corrected chi connectivity index (χ3v) is 3.70. The molecule has 0 spiro atoms. The molecule has 0 aromatic heterocycles. The van der Waals surface area contributed by atoms with Crippen molar-refractivity contribution < 1.29 is 9.53 Å². The van der Waals surface area contributed by atoms with Crippen LogP contribution < -0.4 is 16.0 Å². The van der Waals surface area contributed by atoms with Gasteiger partial charge in [0.25, 0.3) is 0 Å². The average molecular weight is 296 g/mol. The monoisotopic (exact) mass is 296 g/mol. The molecule has 0 saturated heterocycles. The Morgan fingerprint density at radius 3 is 2.48 bits per heavy atom. The maximum Gasteiger partial charge on any atom is 0.223 e. The van der Waals surface area contributed by atoms with Gasteiger partial charge in [0, 0.05) is 45.8 Å². The van der Waals surface area contributed by atoms with E-state index >= 15 is 0 Å². The summed E-state index contributed by atoms with van der Waals surface area (Å²) in [6.45, 7) is 3.90. The first-order valence-corrected chi connectivity index (χ1v) is 8.09. The zero-order valence-electron chi connectivity index (χ0n) is 13.0. The molecule has 2 aliphatic carbocycles. The van der Waals surface area contributed by atoms with E-state index in [1.807, 2.05) is 0 Å². The fraction of sp³-hybridized carbons (Fsp3) is 0.867. The minimum absolute atomic E-state index is 0.188. The first-order chi connectivity index (χ1) is 10.3. The largest absolute Gasteiger partial charge is 0.381 e. The first-order valence-electron chi connectivity index (χ1n) is 8.09. The molecular formula is C15H28N4O2. The van der Waals surface area contributed by atoms with E-state index < -0.39 is 0 Å². The Morgan fingerprint density at radius 1 is 1.10 bits per heavy atom. The van der Waals surface area contributed by atoms with Crippen molar-refractivity contribution in [2.24, 2.45) is 16.8 Å². The summed E-state index contributed by atoms with van der Waals surface area (Å²) < 4.78 is 5.58. The summed E-state index contributed by atoms with van der Waals surface area (Å²) in [5.41, 5.74) is 0. The highest BCUT2D eigenvalue weighted by Crippen LogP contribution is 2.29. The number of hydrogen-bond acceptors (Lipinski definition) is 3. The van der Waals surface area contributed by atoms with E-state index in [0.717, 1.165) is 50.9 Å². The molecule has 6 heteroatoms. The van der Waals surface area contributed by atoms with Crippen LogP contribution in [0.25, 0.3) is 0 Å². The molecule has 2 saturated carbocycles. The molecular weight excluding hydrogens is 268 g/mol. The number of ether oxygens (including phenoxy) is 1. The van der Waals surface area contributed by atoms with Crippen LogP contribution in [0.1, 0.15) is 32.1 Å². The highest BCUT2D eigenvalue weighted by atomic mass is 16.5. The normalized spacial score (nSPS) is 18.4. The van der Waals surface area contributed by atoms with Gasteiger partial charge in [0.2, 0.25) is 5.91 Å². The number of carbonyl (C=O) groups excluding carboxylic acids is 1. The highest BCUT2D eigenvalue weighted by molar-refractivity contribution is 5.81. The third-order valence-electron chi connectivity index (χ3n) is 3.70. The molecule has 0 radical (unpaired) electrons. The second kappa shape index (κ2) is 8.87. The van der Waals surface area contributed by atoms with E-state index in [9.17, 15) is 4.79 Å². The van der Waals surface area contributed by atoms with Gasteiger partial charge >= 0.3 is 0 Å². The van der Waals surface area contributed by atoms with Crippen LogP contribution >= 0.6 is 0 Å². The fourth-order valence-electron chi connectivity index (χ4n) is 1.99. The SMILES string of the molecule is CN=C(NCCCOCC1CC1)NCCNC(=O)C1CC1. The van der Waals surface area contributed by atoms with Crippen molar-refractivity contribution >= 4 is 11.9 Å². The number of aliphatic imine (C=N–C) groups is 1. The molecule has 6 nitrogen and oxygen atoms in total. The maximum atomic E-state index is 11.4. The smallest absolute Gasteiger partial charge is 0.223 e. The van der Waals surface area contributed by atoms with Crippen LogP contribution in [-0.4, -0.2) is 51.8 Å². The number of guanidine groups is 1. The van der Waals surface area contributed by atoms with Crippen LogP contribution in [0.15, 0.2) is 4.99 Å². The first kappa shape index (κ1) is 16.1. The minimum Gasteiger partial charge on any atom is -0.381 e. The van der Waals surface area contributed by atoms with E-state index in [1.54, 1.807) is 7.05 Å². The van der Waals surface area contributed by atoms with Gasteiger partial charge < -0.3 is 20.7 Å². The lowest BCUT2D eigenvalue weighted by molar-refractivity contribution is -0.122. The Morgan fingerprint density at radius 2 is 1.81 bits per heavy atom. The van der Waals surface area contributed by atoms with Gasteiger partial charge in [-0.15, -0.1) is 0 Å². The predicted octanol–water partition coefficient (Wildman–Crippen LogP) is 0.494. The number of nitrogens with one attached hydrogen (secondary N) is 3. The van der Waals surface area contributed by atoms with Gasteiger partial charge in [0.15, 0.2) is 5.96 Å². The summed E-state index contributed by atoms with van der Waals surface area (Å²) in [6, 6.07) is 0. The van der Waals surface area contributed by atoms with E-state index in [1.165, 1.54) is 12.8 Å². The standard InChI is InChI=1S/C15H28N4O2/c1-16-15(18-7-2-10-21-11-12-3-4-12)19-9-8-17-14(20)13-5-6-13/h12-13H,2-11H2,1H3,(H,17,20)(H2,16,18,19). The summed E-state index contributed by atoms with van der Waals surface area (Å²) in [6.07, 6.45) is 5.75. The van der Waals surface area contributed by atoms with Crippen LogP contribution in [-0.2, 0) is 9.53 Å². The fourth-order valence-corrected chi connectivity index (χ4v) is 1.99. The molecule has 0 heterocycles. The number of carbonyl (C=O) groups is 1. The summed E-state index contributed by atoms with van der Waals surface area (Å²) in [5.74, 6) is 2.07. The van der Waals surface area contributed by atoms with E-state index in [0.29, 0.717) is 13.1 Å². The molecule has 21 heavy (non-hydrogen) atoms. The minimum atomic E-state index is 0.188. The Labute approximate surface area is 127 Å². The molecule has 0 unspecified atom stereocenters. The van der Waals surface area contributed by atoms with Crippen LogP contribution in [0.2, 0.25) is 0 Å². The zero-order chi connectivity index (χ0) is 14.9. The van der Waals surface area contributed by atoms with Crippen molar-refractivity contribution in [3.05, 3.63) is 0 Å². The number of rotatable bonds is 10. The van der Waals surface area contributed by atoms with Crippen LogP contribution in [0.3, 0.4) is 0 Å². The molecule has 120 valence electrons. The molecule has 0 aromatic rings. The Hall–Kier alpha value is -1.30. The molecule has 0 bridgehead atoms. The second-order valence-corrected chi connectivity index (χ2v) is 5.86. The van der Waals surface area contributed by atoms with Crippen LogP contribution in [0, 0.1) is 11.8 Å². The quantitative estimate of drug-likeness (QED) is 0.312. The zero-order valence-corrected chi connectivity index (χ0v) is 13.0. The Kier molecular flexibility index (Phi) is 6.79. The summed E-state index contributed by atoms with van der Waals surface area (Å²) in [4.78, 5) is 15.6. The van der Waals surface area contributed by atoms with Gasteiger partial charge in [-0.25, -0.2) is 0 Å². The lowest BCUT2D eigenvalue weighted by Crippen LogP contribution is -2.42. The van der Waals surface area contributed by atoms with Gasteiger partial charge in [-0.3, -0.25) is 9.79 Å². The summed E-state index contributed by atoms with van der Waals surface area (Å²) in [7, 11) is 1.75. The van der Waals surface area contributed by atoms with Crippen molar-refractivity contribution in [2.45, 2.75) is 32.1 Å². The second-order valence-electron chi connectivity index (χ2n) is 5.86. The van der Waals surface area contributed by atoms with Gasteiger partial charge in [0.05, 0.1) is 0 Å². The van der Waals surface area contributed by atoms with Gasteiger partial charge in [0.1, 0.15) is 0 Å². The van der Waals surface area contributed by atoms with Crippen molar-refractivity contribution in [1.29, 1.82) is 0 Å². The average Bonchev–Trinajstić information content (AvgIpc) is 3.37. The molecule has 0 atom stereocenters. The van der Waals surface area contributed by atoms with Gasteiger partial charge in [-0.1, -0.05) is 0 Å². The van der Waals surface area contributed by atoms with Gasteiger partial charge in [-0.05, 0) is 38.0 Å². The third kappa shape index (κ3) is 7.32. The van der Waals surface area contributed by atoms with Crippen molar-refractivity contribution in [3.8, 4) is 0 Å². The topological polar surface area (TPSA) is 74.8 Å². The lowest BCUT2D eigenvalue weighted by atomic mass is 10.4. The highest BCUT2D eigenvalue weighted by Gasteiger charge is 2.28. The van der Waals surface area contributed by atoms with Gasteiger partial charge in [-0.2, -0.15) is 0 Å². The molecule has 3 N–H and O–H groups in total. The van der Waals surface area contributed by atoms with Crippen molar-refractivity contribution in [3.63, 3.8) is 0 Å². The molecule has 0 aliphatic heterocycles. The Balaban J connectivity index is 1.40. The van der Waals surface area contributed by atoms with E-state index in [2.05, 4.69) is 20.9 Å². The molecule has 2 rings (SSSR count). The number of amides is 1. The van der Waals surface area contributed by atoms with E-state index in [-0.39, 0.29) is 11.8 Å². The summed E-state index contributed by atoms with van der Waals surface area (Å²) in [5, 5.41) is 9.35. The summed E-state index contributed by atoms with van der Waals surface area (Å²) >= 11 is 0. The van der Waals surface area contributed by atoms with E-state index in [4.69, 9.17) is 4.74 Å². The maximum absolute atomic E-state index is 11.4. The molecule has 0 aromatic carbocycles. The van der Waals surface area contributed by atoms with Crippen LogP contribution in [0.5, 0.6) is 0 Å². The number of hydrogen-bond donors (Lipinski definition) is 3. The van der Waals surface area contributed by atoms with Crippen molar-refractivity contribution in [2.75, 3.05) is 39.9 Å². The van der Waals surface area contributed by atoms with Crippen molar-refractivity contribution in [1.82, 2.24) is 16.0 Å². The predicted molar refractivity (Wildman–Crippen MR) is 83.3 cm³/mol. The lowest BCUT2D eigenvalue weighted by Gasteiger charge is -2.12. The Bertz CT molecular complexity index is 352.